The molecule has 0 saturated carbocycles. The van der Waals surface area contributed by atoms with E-state index in [1.165, 1.54) is 11.3 Å². The summed E-state index contributed by atoms with van der Waals surface area (Å²) in [5.74, 6) is 0.589. The Morgan fingerprint density at radius 2 is 2.23 bits per heavy atom. The minimum atomic E-state index is -0.126. The number of nitrogens with zero attached hydrogens (tertiary/aromatic N) is 4. The van der Waals surface area contributed by atoms with E-state index in [0.717, 1.165) is 31.1 Å². The van der Waals surface area contributed by atoms with Gasteiger partial charge in [0.15, 0.2) is 5.13 Å². The molecule has 1 atom stereocenters. The number of anilines is 2. The fraction of sp³-hybridized carbons (Fsp3) is 0.429. The summed E-state index contributed by atoms with van der Waals surface area (Å²) in [5, 5.41) is 8.50. The Morgan fingerprint density at radius 1 is 1.41 bits per heavy atom. The molecule has 1 aliphatic rings. The third-order valence-corrected chi connectivity index (χ3v) is 4.40. The normalized spacial score (nSPS) is 18.0. The highest BCUT2D eigenvalue weighted by atomic mass is 32.1. The molecular weight excluding hydrogens is 300 g/mol. The molecule has 0 spiro atoms. The summed E-state index contributed by atoms with van der Waals surface area (Å²) in [6.45, 7) is 1.63. The van der Waals surface area contributed by atoms with Gasteiger partial charge in [0.25, 0.3) is 5.91 Å². The van der Waals surface area contributed by atoms with Crippen LogP contribution in [0.4, 0.5) is 11.1 Å². The van der Waals surface area contributed by atoms with Gasteiger partial charge in [0.05, 0.1) is 0 Å². The molecular formula is C14H18N6OS. The largest absolute Gasteiger partial charge is 0.365 e. The van der Waals surface area contributed by atoms with Gasteiger partial charge in [-0.15, -0.1) is 11.3 Å². The van der Waals surface area contributed by atoms with Crippen LogP contribution in [0.25, 0.3) is 0 Å². The van der Waals surface area contributed by atoms with Gasteiger partial charge in [-0.3, -0.25) is 4.79 Å². The quantitative estimate of drug-likeness (QED) is 0.886. The van der Waals surface area contributed by atoms with Gasteiger partial charge in [0.2, 0.25) is 5.95 Å². The predicted octanol–water partition coefficient (Wildman–Crippen LogP) is 1.37. The maximum absolute atomic E-state index is 12.2. The van der Waals surface area contributed by atoms with Crippen molar-refractivity contribution in [2.75, 3.05) is 30.4 Å². The smallest absolute Gasteiger partial charge is 0.271 e. The molecule has 0 radical (unpaired) electrons. The fourth-order valence-corrected chi connectivity index (χ4v) is 3.14. The van der Waals surface area contributed by atoms with Gasteiger partial charge < -0.3 is 15.5 Å². The number of carbonyl (C=O) groups excluding carboxylic acids is 1. The van der Waals surface area contributed by atoms with E-state index in [1.807, 2.05) is 0 Å². The number of nitrogens with one attached hydrogen (secondary N) is 2. The van der Waals surface area contributed by atoms with Crippen molar-refractivity contribution in [3.8, 4) is 0 Å². The molecule has 1 fully saturated rings. The van der Waals surface area contributed by atoms with Crippen molar-refractivity contribution >= 4 is 28.3 Å². The van der Waals surface area contributed by atoms with Crippen molar-refractivity contribution in [2.24, 2.45) is 0 Å². The molecule has 7 nitrogen and oxygen atoms in total. The molecule has 2 aromatic heterocycles. The summed E-state index contributed by atoms with van der Waals surface area (Å²) in [6.07, 6.45) is 5.43. The number of carbonyl (C=O) groups is 1. The zero-order valence-corrected chi connectivity index (χ0v) is 13.1. The minimum Gasteiger partial charge on any atom is -0.365 e. The number of hydrogen-bond donors (Lipinski definition) is 2. The lowest BCUT2D eigenvalue weighted by atomic mass is 10.1. The van der Waals surface area contributed by atoms with Crippen LogP contribution >= 0.6 is 11.3 Å². The predicted molar refractivity (Wildman–Crippen MR) is 86.4 cm³/mol. The number of piperidine rings is 1. The van der Waals surface area contributed by atoms with Gasteiger partial charge in [-0.2, -0.15) is 0 Å². The first-order valence-corrected chi connectivity index (χ1v) is 8.10. The van der Waals surface area contributed by atoms with Crippen molar-refractivity contribution < 1.29 is 4.79 Å². The molecule has 1 unspecified atom stereocenters. The SMILES string of the molecule is CNc1nc(C(=O)NC2CCCN(c3ncccn3)C2)cs1. The Hall–Kier alpha value is -2.22. The summed E-state index contributed by atoms with van der Waals surface area (Å²) in [5.41, 5.74) is 0.461. The van der Waals surface area contributed by atoms with Gasteiger partial charge in [-0.05, 0) is 18.9 Å². The maximum Gasteiger partial charge on any atom is 0.271 e. The second-order valence-corrected chi connectivity index (χ2v) is 5.95. The van der Waals surface area contributed by atoms with Gasteiger partial charge in [-0.1, -0.05) is 0 Å². The van der Waals surface area contributed by atoms with E-state index in [0.29, 0.717) is 11.6 Å². The first-order chi connectivity index (χ1) is 10.8. The lowest BCUT2D eigenvalue weighted by Gasteiger charge is -2.32. The molecule has 116 valence electrons. The third-order valence-electron chi connectivity index (χ3n) is 3.54. The Labute approximate surface area is 132 Å². The van der Waals surface area contributed by atoms with Crippen molar-refractivity contribution in [1.29, 1.82) is 0 Å². The average molecular weight is 318 g/mol. The number of aromatic nitrogens is 3. The monoisotopic (exact) mass is 318 g/mol. The van der Waals surface area contributed by atoms with Gasteiger partial charge in [0, 0.05) is 44.0 Å². The van der Waals surface area contributed by atoms with Crippen molar-refractivity contribution in [1.82, 2.24) is 20.3 Å². The molecule has 2 aromatic rings. The first-order valence-electron chi connectivity index (χ1n) is 7.22. The summed E-state index contributed by atoms with van der Waals surface area (Å²) in [6, 6.07) is 1.89. The van der Waals surface area contributed by atoms with Crippen LogP contribution in [-0.4, -0.2) is 47.0 Å². The zero-order chi connectivity index (χ0) is 15.4. The Kier molecular flexibility index (Phi) is 4.47. The maximum atomic E-state index is 12.2. The average Bonchev–Trinajstić information content (AvgIpc) is 3.05. The van der Waals surface area contributed by atoms with Crippen LogP contribution in [0, 0.1) is 0 Å². The van der Waals surface area contributed by atoms with Gasteiger partial charge in [0.1, 0.15) is 5.69 Å². The van der Waals surface area contributed by atoms with Crippen molar-refractivity contribution in [2.45, 2.75) is 18.9 Å². The second-order valence-electron chi connectivity index (χ2n) is 5.10. The highest BCUT2D eigenvalue weighted by molar-refractivity contribution is 7.13. The van der Waals surface area contributed by atoms with Gasteiger partial charge in [-0.25, -0.2) is 15.0 Å². The molecule has 8 heteroatoms. The summed E-state index contributed by atoms with van der Waals surface area (Å²) in [7, 11) is 1.79. The molecule has 1 aliphatic heterocycles. The van der Waals surface area contributed by atoms with Crippen LogP contribution in [0.3, 0.4) is 0 Å². The Bertz CT molecular complexity index is 631. The standard InChI is InChI=1S/C14H18N6OS/c1-15-14-19-11(9-22-14)12(21)18-10-4-2-7-20(8-10)13-16-5-3-6-17-13/h3,5-6,9-10H,2,4,7-8H2,1H3,(H,15,19)(H,18,21). The van der Waals surface area contributed by atoms with E-state index in [-0.39, 0.29) is 11.9 Å². The Morgan fingerprint density at radius 3 is 2.95 bits per heavy atom. The molecule has 1 saturated heterocycles. The van der Waals surface area contributed by atoms with Crippen LogP contribution in [0.2, 0.25) is 0 Å². The first kappa shape index (κ1) is 14.7. The van der Waals surface area contributed by atoms with Crippen molar-refractivity contribution in [3.63, 3.8) is 0 Å². The lowest BCUT2D eigenvalue weighted by molar-refractivity contribution is 0.0929. The van der Waals surface area contributed by atoms with Gasteiger partial charge >= 0.3 is 0 Å². The third kappa shape index (κ3) is 3.33. The van der Waals surface area contributed by atoms with Crippen LogP contribution in [0.1, 0.15) is 23.3 Å². The van der Waals surface area contributed by atoms with Crippen LogP contribution in [0.5, 0.6) is 0 Å². The molecule has 1 amide bonds. The highest BCUT2D eigenvalue weighted by Gasteiger charge is 2.24. The number of rotatable bonds is 4. The molecule has 22 heavy (non-hydrogen) atoms. The number of hydrogen-bond acceptors (Lipinski definition) is 7. The van der Waals surface area contributed by atoms with E-state index < -0.39 is 0 Å². The lowest BCUT2D eigenvalue weighted by Crippen LogP contribution is -2.48. The molecule has 2 N–H and O–H groups in total. The minimum absolute atomic E-state index is 0.0878. The van der Waals surface area contributed by atoms with E-state index in [2.05, 4.69) is 30.5 Å². The number of amides is 1. The highest BCUT2D eigenvalue weighted by Crippen LogP contribution is 2.17. The van der Waals surface area contributed by atoms with Crippen LogP contribution < -0.4 is 15.5 Å². The summed E-state index contributed by atoms with van der Waals surface area (Å²) >= 11 is 1.42. The zero-order valence-electron chi connectivity index (χ0n) is 12.3. The summed E-state index contributed by atoms with van der Waals surface area (Å²) in [4.78, 5) is 27.1. The van der Waals surface area contributed by atoms with Crippen LogP contribution in [-0.2, 0) is 0 Å². The summed E-state index contributed by atoms with van der Waals surface area (Å²) < 4.78 is 0. The molecule has 3 rings (SSSR count). The van der Waals surface area contributed by atoms with E-state index in [9.17, 15) is 4.79 Å². The van der Waals surface area contributed by atoms with Crippen LogP contribution in [0.15, 0.2) is 23.8 Å². The molecule has 0 aromatic carbocycles. The fourth-order valence-electron chi connectivity index (χ4n) is 2.48. The van der Waals surface area contributed by atoms with Crippen molar-refractivity contribution in [3.05, 3.63) is 29.5 Å². The van der Waals surface area contributed by atoms with E-state index >= 15 is 0 Å². The number of thiazole rings is 1. The molecule has 0 aliphatic carbocycles. The molecule has 0 bridgehead atoms. The van der Waals surface area contributed by atoms with E-state index in [4.69, 9.17) is 0 Å². The Balaban J connectivity index is 1.61. The van der Waals surface area contributed by atoms with E-state index in [1.54, 1.807) is 30.9 Å². The second kappa shape index (κ2) is 6.69. The topological polar surface area (TPSA) is 83.0 Å². The molecule has 3 heterocycles.